The van der Waals surface area contributed by atoms with Crippen molar-refractivity contribution >= 4 is 17.7 Å². The molecular formula is C8H12N2O2S. The Morgan fingerprint density at radius 2 is 2.31 bits per heavy atom. The van der Waals surface area contributed by atoms with Crippen molar-refractivity contribution in [2.75, 3.05) is 6.26 Å². The maximum atomic E-state index is 10.6. The first kappa shape index (κ1) is 10.1. The zero-order valence-corrected chi connectivity index (χ0v) is 8.63. The number of carboxylic acids is 1. The predicted octanol–water partition coefficient (Wildman–Crippen LogP) is 1.88. The van der Waals surface area contributed by atoms with Crippen molar-refractivity contribution < 1.29 is 9.90 Å². The third-order valence-electron chi connectivity index (χ3n) is 1.62. The van der Waals surface area contributed by atoms with Gasteiger partial charge in [0.2, 0.25) is 0 Å². The van der Waals surface area contributed by atoms with Gasteiger partial charge in [0.05, 0.1) is 5.03 Å². The summed E-state index contributed by atoms with van der Waals surface area (Å²) in [7, 11) is 0. The monoisotopic (exact) mass is 200 g/mol. The van der Waals surface area contributed by atoms with Crippen LogP contribution in [0, 0.1) is 0 Å². The average molecular weight is 200 g/mol. The lowest BCUT2D eigenvalue weighted by molar-refractivity contribution is 0.0689. The predicted molar refractivity (Wildman–Crippen MR) is 51.4 cm³/mol. The summed E-state index contributed by atoms with van der Waals surface area (Å²) in [4.78, 5) is 10.6. The number of aromatic nitrogens is 2. The molecule has 72 valence electrons. The van der Waals surface area contributed by atoms with Crippen LogP contribution in [-0.2, 0) is 0 Å². The normalized spacial score (nSPS) is 10.8. The van der Waals surface area contributed by atoms with E-state index in [1.54, 1.807) is 10.7 Å². The number of carbonyl (C=O) groups is 1. The Hall–Kier alpha value is -0.970. The van der Waals surface area contributed by atoms with Crippen LogP contribution < -0.4 is 0 Å². The van der Waals surface area contributed by atoms with E-state index < -0.39 is 5.97 Å². The molecule has 0 aliphatic heterocycles. The second kappa shape index (κ2) is 3.83. The smallest absolute Gasteiger partial charge is 0.356 e. The minimum Gasteiger partial charge on any atom is -0.476 e. The lowest BCUT2D eigenvalue weighted by Gasteiger charge is -2.07. The summed E-state index contributed by atoms with van der Waals surface area (Å²) in [6.45, 7) is 3.94. The van der Waals surface area contributed by atoms with Crippen LogP contribution >= 0.6 is 11.8 Å². The van der Waals surface area contributed by atoms with Gasteiger partial charge in [-0.3, -0.25) is 4.68 Å². The molecule has 0 spiro atoms. The highest BCUT2D eigenvalue weighted by molar-refractivity contribution is 7.98. The fourth-order valence-corrected chi connectivity index (χ4v) is 1.67. The van der Waals surface area contributed by atoms with Crippen LogP contribution in [0.5, 0.6) is 0 Å². The minimum atomic E-state index is -0.977. The van der Waals surface area contributed by atoms with Crippen LogP contribution in [0.4, 0.5) is 0 Å². The molecule has 0 unspecified atom stereocenters. The Bertz CT molecular complexity index is 320. The molecule has 0 aliphatic carbocycles. The molecule has 1 aromatic heterocycles. The molecule has 0 bridgehead atoms. The number of carboxylic acid groups (broad SMARTS) is 1. The van der Waals surface area contributed by atoms with E-state index in [1.807, 2.05) is 20.1 Å². The van der Waals surface area contributed by atoms with E-state index in [-0.39, 0.29) is 11.7 Å². The molecule has 1 rings (SSSR count). The lowest BCUT2D eigenvalue weighted by Crippen LogP contribution is -2.06. The van der Waals surface area contributed by atoms with Crippen molar-refractivity contribution in [2.45, 2.75) is 24.9 Å². The van der Waals surface area contributed by atoms with Crippen LogP contribution in [0.15, 0.2) is 11.1 Å². The second-order valence-corrected chi connectivity index (χ2v) is 3.74. The Kier molecular flexibility index (Phi) is 2.98. The largest absolute Gasteiger partial charge is 0.476 e. The van der Waals surface area contributed by atoms with Gasteiger partial charge in [-0.15, -0.1) is 11.8 Å². The molecular weight excluding hydrogens is 188 g/mol. The van der Waals surface area contributed by atoms with E-state index in [0.717, 1.165) is 5.03 Å². The fraction of sp³-hybridized carbons (Fsp3) is 0.500. The van der Waals surface area contributed by atoms with Crippen molar-refractivity contribution in [1.82, 2.24) is 9.78 Å². The molecule has 1 N–H and O–H groups in total. The highest BCUT2D eigenvalue weighted by Gasteiger charge is 2.13. The van der Waals surface area contributed by atoms with Crippen LogP contribution in [-0.4, -0.2) is 27.1 Å². The molecule has 5 heteroatoms. The summed E-state index contributed by atoms with van der Waals surface area (Å²) in [5.41, 5.74) is 0.109. The number of nitrogens with zero attached hydrogens (tertiary/aromatic N) is 2. The van der Waals surface area contributed by atoms with E-state index in [4.69, 9.17) is 5.11 Å². The molecule has 0 fully saturated rings. The van der Waals surface area contributed by atoms with E-state index in [0.29, 0.717) is 0 Å². The minimum absolute atomic E-state index is 0.109. The SMILES string of the molecule is CSc1cc(C(=O)O)nn1C(C)C. The van der Waals surface area contributed by atoms with Gasteiger partial charge in [-0.2, -0.15) is 5.10 Å². The summed E-state index contributed by atoms with van der Waals surface area (Å²) < 4.78 is 1.72. The summed E-state index contributed by atoms with van der Waals surface area (Å²) >= 11 is 1.50. The standard InChI is InChI=1S/C8H12N2O2S/c1-5(2)10-7(13-3)4-6(9-10)8(11)12/h4-5H,1-3H3,(H,11,12). The number of rotatable bonds is 3. The molecule has 13 heavy (non-hydrogen) atoms. The van der Waals surface area contributed by atoms with Gasteiger partial charge in [-0.25, -0.2) is 4.79 Å². The summed E-state index contributed by atoms with van der Waals surface area (Å²) in [5.74, 6) is -0.977. The number of thioether (sulfide) groups is 1. The van der Waals surface area contributed by atoms with Crippen molar-refractivity contribution in [1.29, 1.82) is 0 Å². The van der Waals surface area contributed by atoms with Crippen LogP contribution in [0.2, 0.25) is 0 Å². The summed E-state index contributed by atoms with van der Waals surface area (Å²) in [5, 5.41) is 13.6. The third-order valence-corrected chi connectivity index (χ3v) is 2.34. The highest BCUT2D eigenvalue weighted by Crippen LogP contribution is 2.20. The van der Waals surface area contributed by atoms with E-state index in [2.05, 4.69) is 5.10 Å². The van der Waals surface area contributed by atoms with Gasteiger partial charge in [0, 0.05) is 12.1 Å². The van der Waals surface area contributed by atoms with Gasteiger partial charge >= 0.3 is 5.97 Å². The maximum absolute atomic E-state index is 10.6. The topological polar surface area (TPSA) is 55.1 Å². The van der Waals surface area contributed by atoms with Crippen molar-refractivity contribution in [3.63, 3.8) is 0 Å². The molecule has 0 amide bonds. The zero-order chi connectivity index (χ0) is 10.0. The number of aromatic carboxylic acids is 1. The summed E-state index contributed by atoms with van der Waals surface area (Å²) in [6, 6.07) is 1.78. The fourth-order valence-electron chi connectivity index (χ4n) is 1.00. The quantitative estimate of drug-likeness (QED) is 0.757. The molecule has 0 radical (unpaired) electrons. The average Bonchev–Trinajstić information content (AvgIpc) is 2.47. The van der Waals surface area contributed by atoms with Crippen LogP contribution in [0.3, 0.4) is 0 Å². The van der Waals surface area contributed by atoms with E-state index >= 15 is 0 Å². The first-order chi connectivity index (χ1) is 6.06. The van der Waals surface area contributed by atoms with Crippen LogP contribution in [0.1, 0.15) is 30.4 Å². The van der Waals surface area contributed by atoms with E-state index in [9.17, 15) is 4.79 Å². The van der Waals surface area contributed by atoms with Crippen molar-refractivity contribution in [3.8, 4) is 0 Å². The molecule has 0 atom stereocenters. The Morgan fingerprint density at radius 1 is 1.69 bits per heavy atom. The summed E-state index contributed by atoms with van der Waals surface area (Å²) in [6.07, 6.45) is 1.90. The molecule has 0 saturated heterocycles. The van der Waals surface area contributed by atoms with Gasteiger partial charge in [-0.05, 0) is 20.1 Å². The Labute approximate surface area is 80.9 Å². The zero-order valence-electron chi connectivity index (χ0n) is 7.81. The van der Waals surface area contributed by atoms with Gasteiger partial charge in [-0.1, -0.05) is 0 Å². The lowest BCUT2D eigenvalue weighted by atomic mass is 10.4. The maximum Gasteiger partial charge on any atom is 0.356 e. The Balaban J connectivity index is 3.11. The van der Waals surface area contributed by atoms with Gasteiger partial charge in [0.1, 0.15) is 0 Å². The number of hydrogen-bond acceptors (Lipinski definition) is 3. The van der Waals surface area contributed by atoms with Gasteiger partial charge in [0.25, 0.3) is 0 Å². The van der Waals surface area contributed by atoms with Crippen LogP contribution in [0.25, 0.3) is 0 Å². The van der Waals surface area contributed by atoms with Gasteiger partial charge < -0.3 is 5.11 Å². The van der Waals surface area contributed by atoms with Crippen molar-refractivity contribution in [3.05, 3.63) is 11.8 Å². The third kappa shape index (κ3) is 2.03. The highest BCUT2D eigenvalue weighted by atomic mass is 32.2. The second-order valence-electron chi connectivity index (χ2n) is 2.92. The molecule has 0 aromatic carbocycles. The van der Waals surface area contributed by atoms with E-state index in [1.165, 1.54) is 11.8 Å². The molecule has 0 saturated carbocycles. The Morgan fingerprint density at radius 3 is 2.62 bits per heavy atom. The van der Waals surface area contributed by atoms with Crippen molar-refractivity contribution in [2.24, 2.45) is 0 Å². The molecule has 0 aliphatic rings. The molecule has 1 heterocycles. The molecule has 4 nitrogen and oxygen atoms in total. The first-order valence-electron chi connectivity index (χ1n) is 3.93. The first-order valence-corrected chi connectivity index (χ1v) is 5.15. The molecule has 1 aromatic rings. The number of hydrogen-bond donors (Lipinski definition) is 1. The van der Waals surface area contributed by atoms with Gasteiger partial charge in [0.15, 0.2) is 5.69 Å².